The molecule has 0 heterocycles. The third-order valence-electron chi connectivity index (χ3n) is 3.62. The van der Waals surface area contributed by atoms with Crippen LogP contribution in [-0.2, 0) is 20.9 Å². The highest BCUT2D eigenvalue weighted by Gasteiger charge is 2.07. The van der Waals surface area contributed by atoms with Gasteiger partial charge < -0.3 is 18.9 Å². The van der Waals surface area contributed by atoms with Crippen molar-refractivity contribution < 1.29 is 28.5 Å². The fraction of sp³-hybridized carbons (Fsp3) is 0.190. The molecule has 144 valence electrons. The van der Waals surface area contributed by atoms with E-state index in [0.29, 0.717) is 28.2 Å². The van der Waals surface area contributed by atoms with Crippen molar-refractivity contribution in [1.29, 1.82) is 5.26 Å². The second-order valence-corrected chi connectivity index (χ2v) is 5.49. The van der Waals surface area contributed by atoms with Crippen LogP contribution in [0.4, 0.5) is 0 Å². The van der Waals surface area contributed by atoms with Crippen LogP contribution in [0.15, 0.2) is 48.5 Å². The zero-order chi connectivity index (χ0) is 20.4. The average molecular weight is 381 g/mol. The van der Waals surface area contributed by atoms with Crippen LogP contribution < -0.4 is 9.47 Å². The lowest BCUT2D eigenvalue weighted by Gasteiger charge is -2.08. The molecule has 0 aliphatic heterocycles. The zero-order valence-corrected chi connectivity index (χ0v) is 15.5. The Kier molecular flexibility index (Phi) is 7.61. The Morgan fingerprint density at radius 3 is 2.64 bits per heavy atom. The molecule has 28 heavy (non-hydrogen) atoms. The van der Waals surface area contributed by atoms with E-state index >= 15 is 0 Å². The van der Waals surface area contributed by atoms with Gasteiger partial charge in [0.15, 0.2) is 18.1 Å². The first-order chi connectivity index (χ1) is 13.6. The van der Waals surface area contributed by atoms with Crippen molar-refractivity contribution in [2.45, 2.75) is 6.61 Å². The molecule has 0 amide bonds. The first-order valence-electron chi connectivity index (χ1n) is 8.27. The number of carbonyl (C=O) groups is 2. The van der Waals surface area contributed by atoms with Gasteiger partial charge in [-0.25, -0.2) is 9.59 Å². The molecule has 2 aromatic carbocycles. The third kappa shape index (κ3) is 5.88. The van der Waals surface area contributed by atoms with Crippen LogP contribution in [-0.4, -0.2) is 32.8 Å². The van der Waals surface area contributed by atoms with E-state index in [1.165, 1.54) is 20.3 Å². The number of methoxy groups -OCH3 is 2. The SMILES string of the molecule is COC(=O)c1cccc(COC(=O)/C=C/c2ccc(OCC#N)c(OC)c2)c1. The molecule has 7 heteroatoms. The molecule has 0 bridgehead atoms. The fourth-order valence-corrected chi connectivity index (χ4v) is 2.29. The summed E-state index contributed by atoms with van der Waals surface area (Å²) in [5.74, 6) is -0.101. The summed E-state index contributed by atoms with van der Waals surface area (Å²) in [6.45, 7) is -0.0622. The van der Waals surface area contributed by atoms with Crippen molar-refractivity contribution in [3.63, 3.8) is 0 Å². The van der Waals surface area contributed by atoms with Gasteiger partial charge in [-0.1, -0.05) is 18.2 Å². The standard InChI is InChI=1S/C21H19NO6/c1-25-19-13-15(6-8-18(19)27-11-10-22)7-9-20(23)28-14-16-4-3-5-17(12-16)21(24)26-2/h3-9,12-13H,11,14H2,1-2H3/b9-7+. The summed E-state index contributed by atoms with van der Waals surface area (Å²) in [6.07, 6.45) is 2.86. The van der Waals surface area contributed by atoms with Gasteiger partial charge in [-0.3, -0.25) is 0 Å². The maximum Gasteiger partial charge on any atom is 0.337 e. The van der Waals surface area contributed by atoms with Gasteiger partial charge in [-0.2, -0.15) is 5.26 Å². The molecule has 0 atom stereocenters. The van der Waals surface area contributed by atoms with E-state index < -0.39 is 11.9 Å². The minimum absolute atomic E-state index is 0.0261. The molecule has 0 aromatic heterocycles. The normalized spacial score (nSPS) is 10.2. The number of nitrogens with zero attached hydrogens (tertiary/aromatic N) is 1. The molecular formula is C21H19NO6. The molecule has 0 unspecified atom stereocenters. The first-order valence-corrected chi connectivity index (χ1v) is 8.27. The van der Waals surface area contributed by atoms with E-state index in [2.05, 4.69) is 4.74 Å². The zero-order valence-electron chi connectivity index (χ0n) is 15.5. The number of carbonyl (C=O) groups excluding carboxylic acids is 2. The largest absolute Gasteiger partial charge is 0.493 e. The Labute approximate surface area is 162 Å². The van der Waals surface area contributed by atoms with Crippen molar-refractivity contribution in [2.75, 3.05) is 20.8 Å². The van der Waals surface area contributed by atoms with Gasteiger partial charge in [-0.15, -0.1) is 0 Å². The van der Waals surface area contributed by atoms with Crippen LogP contribution in [0.1, 0.15) is 21.5 Å². The van der Waals surface area contributed by atoms with E-state index in [1.54, 1.807) is 48.5 Å². The lowest BCUT2D eigenvalue weighted by Crippen LogP contribution is -2.04. The number of hydrogen-bond donors (Lipinski definition) is 0. The van der Waals surface area contributed by atoms with E-state index in [9.17, 15) is 9.59 Å². The molecule has 0 aliphatic carbocycles. The Morgan fingerprint density at radius 1 is 1.11 bits per heavy atom. The molecule has 7 nitrogen and oxygen atoms in total. The summed E-state index contributed by atoms with van der Waals surface area (Å²) >= 11 is 0. The van der Waals surface area contributed by atoms with E-state index in [4.69, 9.17) is 19.5 Å². The maximum atomic E-state index is 11.9. The predicted octanol–water partition coefficient (Wildman–Crippen LogP) is 3.14. The summed E-state index contributed by atoms with van der Waals surface area (Å²) in [5.41, 5.74) is 1.76. The van der Waals surface area contributed by atoms with Crippen molar-refractivity contribution in [3.05, 3.63) is 65.2 Å². The summed E-state index contributed by atoms with van der Waals surface area (Å²) < 4.78 is 20.3. The highest BCUT2D eigenvalue weighted by Crippen LogP contribution is 2.28. The minimum atomic E-state index is -0.535. The molecule has 0 N–H and O–H groups in total. The van der Waals surface area contributed by atoms with Crippen LogP contribution >= 0.6 is 0 Å². The first kappa shape index (κ1) is 20.5. The van der Waals surface area contributed by atoms with Gasteiger partial charge in [0.05, 0.1) is 19.8 Å². The quantitative estimate of drug-likeness (QED) is 0.512. The lowest BCUT2D eigenvalue weighted by molar-refractivity contribution is -0.138. The van der Waals surface area contributed by atoms with Crippen molar-refractivity contribution in [2.24, 2.45) is 0 Å². The summed E-state index contributed by atoms with van der Waals surface area (Å²) in [4.78, 5) is 23.5. The molecule has 0 aliphatic rings. The van der Waals surface area contributed by atoms with Gasteiger partial charge >= 0.3 is 11.9 Å². The number of rotatable bonds is 8. The van der Waals surface area contributed by atoms with Gasteiger partial charge in [0.25, 0.3) is 0 Å². The number of hydrogen-bond acceptors (Lipinski definition) is 7. The molecular weight excluding hydrogens is 362 g/mol. The van der Waals surface area contributed by atoms with Gasteiger partial charge in [0.1, 0.15) is 12.7 Å². The summed E-state index contributed by atoms with van der Waals surface area (Å²) in [6, 6.07) is 13.6. The Morgan fingerprint density at radius 2 is 1.93 bits per heavy atom. The Bertz CT molecular complexity index is 913. The van der Waals surface area contributed by atoms with Crippen LogP contribution in [0.25, 0.3) is 6.08 Å². The van der Waals surface area contributed by atoms with Gasteiger partial charge in [0, 0.05) is 6.08 Å². The van der Waals surface area contributed by atoms with Crippen LogP contribution in [0.2, 0.25) is 0 Å². The average Bonchev–Trinajstić information content (AvgIpc) is 2.74. The summed E-state index contributed by atoms with van der Waals surface area (Å²) in [7, 11) is 2.79. The second-order valence-electron chi connectivity index (χ2n) is 5.49. The van der Waals surface area contributed by atoms with Crippen LogP contribution in [0.5, 0.6) is 11.5 Å². The second kappa shape index (κ2) is 10.4. The highest BCUT2D eigenvalue weighted by atomic mass is 16.5. The van der Waals surface area contributed by atoms with E-state index in [1.807, 2.05) is 6.07 Å². The van der Waals surface area contributed by atoms with Crippen molar-refractivity contribution in [3.8, 4) is 17.6 Å². The molecule has 0 spiro atoms. The smallest absolute Gasteiger partial charge is 0.337 e. The third-order valence-corrected chi connectivity index (χ3v) is 3.62. The Hall–Kier alpha value is -3.79. The van der Waals surface area contributed by atoms with Crippen LogP contribution in [0, 0.1) is 11.3 Å². The topological polar surface area (TPSA) is 94.9 Å². The molecule has 0 fully saturated rings. The molecule has 2 aromatic rings. The molecule has 0 radical (unpaired) electrons. The van der Waals surface area contributed by atoms with Gasteiger partial charge in [0.2, 0.25) is 0 Å². The van der Waals surface area contributed by atoms with Crippen molar-refractivity contribution >= 4 is 18.0 Å². The van der Waals surface area contributed by atoms with E-state index in [0.717, 1.165) is 0 Å². The number of esters is 2. The summed E-state index contributed by atoms with van der Waals surface area (Å²) in [5, 5.41) is 8.58. The Balaban J connectivity index is 1.97. The number of nitriles is 1. The molecule has 0 saturated heterocycles. The number of ether oxygens (including phenoxy) is 4. The number of benzene rings is 2. The predicted molar refractivity (Wildman–Crippen MR) is 101 cm³/mol. The molecule has 0 saturated carbocycles. The molecule has 2 rings (SSSR count). The van der Waals surface area contributed by atoms with Gasteiger partial charge in [-0.05, 0) is 41.5 Å². The maximum absolute atomic E-state index is 11.9. The fourth-order valence-electron chi connectivity index (χ4n) is 2.29. The van der Waals surface area contributed by atoms with Crippen LogP contribution in [0.3, 0.4) is 0 Å². The monoisotopic (exact) mass is 381 g/mol. The van der Waals surface area contributed by atoms with Crippen molar-refractivity contribution in [1.82, 2.24) is 0 Å². The highest BCUT2D eigenvalue weighted by molar-refractivity contribution is 5.89. The lowest BCUT2D eigenvalue weighted by atomic mass is 10.1. The van der Waals surface area contributed by atoms with E-state index in [-0.39, 0.29) is 13.2 Å². The minimum Gasteiger partial charge on any atom is -0.493 e.